The molecule has 0 radical (unpaired) electrons. The summed E-state index contributed by atoms with van der Waals surface area (Å²) in [5, 5.41) is 3.97. The predicted molar refractivity (Wildman–Crippen MR) is 109 cm³/mol. The van der Waals surface area contributed by atoms with E-state index in [2.05, 4.69) is 16.4 Å². The van der Waals surface area contributed by atoms with Gasteiger partial charge >= 0.3 is 6.03 Å². The smallest absolute Gasteiger partial charge is 0.317 e. The number of ether oxygens (including phenoxy) is 1. The highest BCUT2D eigenvalue weighted by Gasteiger charge is 2.38. The lowest BCUT2D eigenvalue weighted by atomic mass is 9.74. The second kappa shape index (κ2) is 8.50. The van der Waals surface area contributed by atoms with E-state index in [4.69, 9.17) is 16.3 Å². The Kier molecular flexibility index (Phi) is 5.83. The summed E-state index contributed by atoms with van der Waals surface area (Å²) in [6.07, 6.45) is 7.41. The van der Waals surface area contributed by atoms with Crippen LogP contribution in [0.15, 0.2) is 48.8 Å². The lowest BCUT2D eigenvalue weighted by Crippen LogP contribution is -2.49. The van der Waals surface area contributed by atoms with Gasteiger partial charge in [0.25, 0.3) is 0 Å². The molecule has 1 aromatic heterocycles. The summed E-state index contributed by atoms with van der Waals surface area (Å²) < 4.78 is 5.59. The van der Waals surface area contributed by atoms with Crippen molar-refractivity contribution in [2.75, 3.05) is 19.8 Å². The molecule has 2 aromatic rings. The summed E-state index contributed by atoms with van der Waals surface area (Å²) in [5.41, 5.74) is 1.97. The van der Waals surface area contributed by atoms with Gasteiger partial charge < -0.3 is 15.0 Å². The summed E-state index contributed by atoms with van der Waals surface area (Å²) in [4.78, 5) is 19.2. The van der Waals surface area contributed by atoms with Gasteiger partial charge in [0.05, 0.1) is 0 Å². The summed E-state index contributed by atoms with van der Waals surface area (Å²) in [6.45, 7) is 2.52. The molecule has 1 aliphatic heterocycles. The fraction of sp³-hybridized carbons (Fsp3) is 0.455. The third-order valence-electron chi connectivity index (χ3n) is 5.80. The summed E-state index contributed by atoms with van der Waals surface area (Å²) >= 11 is 6.52. The number of hydrogen-bond acceptors (Lipinski definition) is 3. The van der Waals surface area contributed by atoms with E-state index in [1.165, 1.54) is 0 Å². The number of amides is 2. The quantitative estimate of drug-likeness (QED) is 0.793. The van der Waals surface area contributed by atoms with Gasteiger partial charge in [0.1, 0.15) is 0 Å². The van der Waals surface area contributed by atoms with Crippen molar-refractivity contribution in [2.45, 2.75) is 43.7 Å². The van der Waals surface area contributed by atoms with E-state index >= 15 is 0 Å². The number of aromatic nitrogens is 1. The minimum Gasteiger partial charge on any atom is -0.381 e. The number of halogens is 1. The van der Waals surface area contributed by atoms with Crippen molar-refractivity contribution in [2.24, 2.45) is 0 Å². The van der Waals surface area contributed by atoms with Crippen LogP contribution in [0, 0.1) is 0 Å². The first-order valence-electron chi connectivity index (χ1n) is 9.94. The molecule has 28 heavy (non-hydrogen) atoms. The Morgan fingerprint density at radius 1 is 1.21 bits per heavy atom. The monoisotopic (exact) mass is 399 g/mol. The van der Waals surface area contributed by atoms with E-state index in [0.717, 1.165) is 41.8 Å². The van der Waals surface area contributed by atoms with Crippen LogP contribution < -0.4 is 5.32 Å². The number of hydrogen-bond donors (Lipinski definition) is 1. The normalized spacial score (nSPS) is 18.5. The average Bonchev–Trinajstić information content (AvgIpc) is 3.57. The van der Waals surface area contributed by atoms with Crippen molar-refractivity contribution in [3.8, 4) is 0 Å². The molecular weight excluding hydrogens is 374 g/mol. The van der Waals surface area contributed by atoms with Gasteiger partial charge in [-0.3, -0.25) is 4.98 Å². The first kappa shape index (κ1) is 19.2. The molecule has 0 unspecified atom stereocenters. The molecule has 1 aliphatic carbocycles. The molecule has 2 heterocycles. The van der Waals surface area contributed by atoms with E-state index in [9.17, 15) is 4.79 Å². The number of benzene rings is 1. The fourth-order valence-electron chi connectivity index (χ4n) is 3.98. The van der Waals surface area contributed by atoms with Crippen LogP contribution in [0.5, 0.6) is 0 Å². The van der Waals surface area contributed by atoms with Gasteiger partial charge in [-0.1, -0.05) is 35.9 Å². The number of nitrogens with zero attached hydrogens (tertiary/aromatic N) is 2. The summed E-state index contributed by atoms with van der Waals surface area (Å²) in [6, 6.07) is 12.2. The lowest BCUT2D eigenvalue weighted by molar-refractivity contribution is 0.0500. The molecule has 148 valence electrons. The molecule has 0 spiro atoms. The van der Waals surface area contributed by atoms with Gasteiger partial charge in [0.15, 0.2) is 0 Å². The van der Waals surface area contributed by atoms with E-state index in [1.54, 1.807) is 6.20 Å². The standard InChI is InChI=1S/C22H26ClN3O2/c23-20-6-2-1-5-19(20)22(9-12-28-13-10-22)16-25-21(27)26(18-7-8-18)15-17-4-3-11-24-14-17/h1-6,11,14,18H,7-10,12-13,15-16H2,(H,25,27). The highest BCUT2D eigenvalue weighted by molar-refractivity contribution is 6.31. The number of nitrogens with one attached hydrogen (secondary N) is 1. The number of carbonyl (C=O) groups excluding carboxylic acids is 1. The van der Waals surface area contributed by atoms with Gasteiger partial charge in [0.2, 0.25) is 0 Å². The second-order valence-corrected chi connectivity index (χ2v) is 8.16. The Morgan fingerprint density at radius 3 is 2.68 bits per heavy atom. The number of carbonyl (C=O) groups is 1. The van der Waals surface area contributed by atoms with E-state index in [0.29, 0.717) is 32.3 Å². The fourth-order valence-corrected chi connectivity index (χ4v) is 4.32. The van der Waals surface area contributed by atoms with Gasteiger partial charge in [-0.25, -0.2) is 4.79 Å². The molecule has 2 fully saturated rings. The molecule has 1 saturated heterocycles. The first-order valence-corrected chi connectivity index (χ1v) is 10.3. The van der Waals surface area contributed by atoms with Crippen molar-refractivity contribution < 1.29 is 9.53 Å². The van der Waals surface area contributed by atoms with Crippen molar-refractivity contribution in [3.63, 3.8) is 0 Å². The van der Waals surface area contributed by atoms with Crippen LogP contribution in [0.4, 0.5) is 4.79 Å². The third-order valence-corrected chi connectivity index (χ3v) is 6.13. The van der Waals surface area contributed by atoms with Crippen LogP contribution in [0.3, 0.4) is 0 Å². The van der Waals surface area contributed by atoms with E-state index < -0.39 is 0 Å². The maximum Gasteiger partial charge on any atom is 0.317 e. The van der Waals surface area contributed by atoms with Gasteiger partial charge in [0, 0.05) is 55.2 Å². The van der Waals surface area contributed by atoms with E-state index in [1.807, 2.05) is 41.4 Å². The first-order chi connectivity index (χ1) is 13.7. The molecule has 0 atom stereocenters. The topological polar surface area (TPSA) is 54.5 Å². The number of urea groups is 1. The van der Waals surface area contributed by atoms with Crippen molar-refractivity contribution in [1.29, 1.82) is 0 Å². The van der Waals surface area contributed by atoms with Crippen LogP contribution in [0.1, 0.15) is 36.8 Å². The minimum atomic E-state index is -0.185. The Bertz CT molecular complexity index is 804. The molecule has 1 saturated carbocycles. The SMILES string of the molecule is O=C(NCC1(c2ccccc2Cl)CCOCC1)N(Cc1cccnc1)C1CC1. The predicted octanol–water partition coefficient (Wildman–Crippen LogP) is 4.16. The summed E-state index contributed by atoms with van der Waals surface area (Å²) in [5.74, 6) is 0. The lowest BCUT2D eigenvalue weighted by Gasteiger charge is -2.39. The molecule has 2 amide bonds. The molecule has 4 rings (SSSR count). The molecule has 6 heteroatoms. The second-order valence-electron chi connectivity index (χ2n) is 7.75. The Hall–Kier alpha value is -2.11. The van der Waals surface area contributed by atoms with Crippen molar-refractivity contribution in [1.82, 2.24) is 15.2 Å². The maximum atomic E-state index is 13.1. The molecule has 1 N–H and O–H groups in total. The Labute approximate surface area is 171 Å². The molecule has 1 aromatic carbocycles. The zero-order chi connectivity index (χ0) is 19.4. The summed E-state index contributed by atoms with van der Waals surface area (Å²) in [7, 11) is 0. The van der Waals surface area contributed by atoms with Crippen LogP contribution >= 0.6 is 11.6 Å². The average molecular weight is 400 g/mol. The van der Waals surface area contributed by atoms with Gasteiger partial charge in [-0.2, -0.15) is 0 Å². The molecular formula is C22H26ClN3O2. The molecule has 0 bridgehead atoms. The van der Waals surface area contributed by atoms with Crippen LogP contribution in [-0.2, 0) is 16.7 Å². The maximum absolute atomic E-state index is 13.1. The van der Waals surface area contributed by atoms with Crippen LogP contribution in [0.2, 0.25) is 5.02 Å². The van der Waals surface area contributed by atoms with Crippen LogP contribution in [0.25, 0.3) is 0 Å². The Morgan fingerprint density at radius 2 is 2.00 bits per heavy atom. The minimum absolute atomic E-state index is 0.00993. The van der Waals surface area contributed by atoms with E-state index in [-0.39, 0.29) is 11.4 Å². The number of rotatable bonds is 6. The largest absolute Gasteiger partial charge is 0.381 e. The van der Waals surface area contributed by atoms with Crippen molar-refractivity contribution in [3.05, 3.63) is 64.9 Å². The number of pyridine rings is 1. The highest BCUT2D eigenvalue weighted by Crippen LogP contribution is 2.38. The van der Waals surface area contributed by atoms with Crippen molar-refractivity contribution >= 4 is 17.6 Å². The zero-order valence-electron chi connectivity index (χ0n) is 15.9. The molecule has 2 aliphatic rings. The highest BCUT2D eigenvalue weighted by atomic mass is 35.5. The zero-order valence-corrected chi connectivity index (χ0v) is 16.7. The van der Waals surface area contributed by atoms with Gasteiger partial charge in [-0.15, -0.1) is 0 Å². The Balaban J connectivity index is 1.48. The van der Waals surface area contributed by atoms with Gasteiger partial charge in [-0.05, 0) is 48.9 Å². The van der Waals surface area contributed by atoms with Crippen LogP contribution in [-0.4, -0.2) is 41.7 Å². The molecule has 5 nitrogen and oxygen atoms in total. The third kappa shape index (κ3) is 4.31.